The molecule has 5 nitrogen and oxygen atoms in total. The normalized spacial score (nSPS) is 10.5. The van der Waals surface area contributed by atoms with Gasteiger partial charge in [0.1, 0.15) is 0 Å². The van der Waals surface area contributed by atoms with Gasteiger partial charge >= 0.3 is 5.97 Å². The van der Waals surface area contributed by atoms with E-state index in [0.29, 0.717) is 5.39 Å². The maximum atomic E-state index is 12.0. The molecule has 1 heterocycles. The van der Waals surface area contributed by atoms with Crippen molar-refractivity contribution in [1.82, 2.24) is 9.78 Å². The van der Waals surface area contributed by atoms with E-state index in [-0.39, 0.29) is 12.1 Å². The molecule has 0 atom stereocenters. The van der Waals surface area contributed by atoms with Crippen LogP contribution in [0.1, 0.15) is 16.1 Å². The highest BCUT2D eigenvalue weighted by atomic mass is 79.9. The zero-order chi connectivity index (χ0) is 16.4. The van der Waals surface area contributed by atoms with Crippen LogP contribution in [0.15, 0.2) is 46.9 Å². The average Bonchev–Trinajstić information content (AvgIpc) is 2.93. The number of fused-ring (bicyclic) bond motifs is 1. The van der Waals surface area contributed by atoms with Crippen molar-refractivity contribution in [2.24, 2.45) is 0 Å². The fourth-order valence-electron chi connectivity index (χ4n) is 2.42. The van der Waals surface area contributed by atoms with Gasteiger partial charge in [-0.05, 0) is 35.9 Å². The number of esters is 1. The van der Waals surface area contributed by atoms with Gasteiger partial charge < -0.3 is 4.74 Å². The Morgan fingerprint density at radius 1 is 1.35 bits per heavy atom. The van der Waals surface area contributed by atoms with Crippen LogP contribution in [0, 0.1) is 11.3 Å². The number of aromatic nitrogens is 2. The summed E-state index contributed by atoms with van der Waals surface area (Å²) in [6, 6.07) is 15.3. The van der Waals surface area contributed by atoms with Crippen molar-refractivity contribution in [2.75, 3.05) is 7.11 Å². The molecule has 0 aliphatic rings. The molecule has 0 unspecified atom stereocenters. The van der Waals surface area contributed by atoms with Crippen LogP contribution in [0.25, 0.3) is 16.6 Å². The van der Waals surface area contributed by atoms with Gasteiger partial charge in [-0.3, -0.25) is 0 Å². The van der Waals surface area contributed by atoms with Crippen molar-refractivity contribution in [1.29, 1.82) is 5.26 Å². The first kappa shape index (κ1) is 15.3. The number of carbonyl (C=O) groups excluding carboxylic acids is 1. The predicted octanol–water partition coefficient (Wildman–Crippen LogP) is 3.64. The number of benzene rings is 2. The Morgan fingerprint density at radius 3 is 2.87 bits per heavy atom. The summed E-state index contributed by atoms with van der Waals surface area (Å²) in [5.74, 6) is -0.502. The number of ether oxygens (including phenoxy) is 1. The van der Waals surface area contributed by atoms with Crippen LogP contribution in [-0.4, -0.2) is 22.9 Å². The Morgan fingerprint density at radius 2 is 2.17 bits per heavy atom. The highest BCUT2D eigenvalue weighted by molar-refractivity contribution is 9.10. The van der Waals surface area contributed by atoms with E-state index < -0.39 is 5.97 Å². The van der Waals surface area contributed by atoms with Crippen LogP contribution in [0.5, 0.6) is 0 Å². The SMILES string of the molecule is COC(=O)c1nn(-c2cccc(Br)c2)c2ccc(CC#N)cc12. The van der Waals surface area contributed by atoms with Crippen molar-refractivity contribution in [3.8, 4) is 11.8 Å². The summed E-state index contributed by atoms with van der Waals surface area (Å²) in [5.41, 5.74) is 2.68. The lowest BCUT2D eigenvalue weighted by atomic mass is 10.1. The molecule has 0 aliphatic carbocycles. The molecule has 23 heavy (non-hydrogen) atoms. The van der Waals surface area contributed by atoms with E-state index in [2.05, 4.69) is 27.1 Å². The van der Waals surface area contributed by atoms with Gasteiger partial charge in [0.05, 0.1) is 30.8 Å². The third-order valence-corrected chi connectivity index (χ3v) is 3.95. The first-order chi connectivity index (χ1) is 11.1. The Bertz CT molecular complexity index is 941. The molecule has 0 N–H and O–H groups in total. The predicted molar refractivity (Wildman–Crippen MR) is 89.4 cm³/mol. The second-order valence-corrected chi connectivity index (χ2v) is 5.83. The van der Waals surface area contributed by atoms with Crippen molar-refractivity contribution in [2.45, 2.75) is 6.42 Å². The zero-order valence-corrected chi connectivity index (χ0v) is 13.9. The molecule has 0 amide bonds. The van der Waals surface area contributed by atoms with Crippen molar-refractivity contribution < 1.29 is 9.53 Å². The third kappa shape index (κ3) is 2.83. The lowest BCUT2D eigenvalue weighted by Crippen LogP contribution is -2.04. The van der Waals surface area contributed by atoms with Crippen molar-refractivity contribution in [3.63, 3.8) is 0 Å². The Hall–Kier alpha value is -2.65. The average molecular weight is 370 g/mol. The van der Waals surface area contributed by atoms with E-state index in [1.54, 1.807) is 4.68 Å². The molecular weight excluding hydrogens is 358 g/mol. The van der Waals surface area contributed by atoms with Crippen LogP contribution in [-0.2, 0) is 11.2 Å². The number of rotatable bonds is 3. The molecule has 1 aromatic heterocycles. The topological polar surface area (TPSA) is 67.9 Å². The van der Waals surface area contributed by atoms with Crippen molar-refractivity contribution in [3.05, 3.63) is 58.2 Å². The highest BCUT2D eigenvalue weighted by Crippen LogP contribution is 2.25. The molecule has 3 aromatic rings. The lowest BCUT2D eigenvalue weighted by molar-refractivity contribution is 0.0595. The minimum atomic E-state index is -0.502. The van der Waals surface area contributed by atoms with Crippen LogP contribution in [0.3, 0.4) is 0 Å². The van der Waals surface area contributed by atoms with E-state index in [0.717, 1.165) is 21.2 Å². The van der Waals surface area contributed by atoms with Crippen molar-refractivity contribution >= 4 is 32.8 Å². The summed E-state index contributed by atoms with van der Waals surface area (Å²) >= 11 is 3.44. The monoisotopic (exact) mass is 369 g/mol. The largest absolute Gasteiger partial charge is 0.464 e. The fraction of sp³-hybridized carbons (Fsp3) is 0.118. The van der Waals surface area contributed by atoms with Crippen LogP contribution < -0.4 is 0 Å². The van der Waals surface area contributed by atoms with Crippen LogP contribution >= 0.6 is 15.9 Å². The zero-order valence-electron chi connectivity index (χ0n) is 12.3. The first-order valence-electron chi connectivity index (χ1n) is 6.87. The summed E-state index contributed by atoms with van der Waals surface area (Å²) in [5, 5.41) is 13.9. The number of halogens is 1. The molecule has 0 fully saturated rings. The molecule has 2 aromatic carbocycles. The van der Waals surface area contributed by atoms with Gasteiger partial charge in [0.15, 0.2) is 5.69 Å². The highest BCUT2D eigenvalue weighted by Gasteiger charge is 2.19. The minimum Gasteiger partial charge on any atom is -0.464 e. The summed E-state index contributed by atoms with van der Waals surface area (Å²) in [4.78, 5) is 12.0. The van der Waals surface area contributed by atoms with E-state index in [1.165, 1.54) is 7.11 Å². The summed E-state index contributed by atoms with van der Waals surface area (Å²) in [6.07, 6.45) is 0.276. The van der Waals surface area contributed by atoms with Gasteiger partial charge in [0.25, 0.3) is 0 Å². The molecular formula is C17H12BrN3O2. The number of nitriles is 1. The van der Waals surface area contributed by atoms with Crippen LogP contribution in [0.4, 0.5) is 0 Å². The summed E-state index contributed by atoms with van der Waals surface area (Å²) in [6.45, 7) is 0. The molecule has 114 valence electrons. The minimum absolute atomic E-state index is 0.238. The van der Waals surface area contributed by atoms with Gasteiger partial charge in [0, 0.05) is 9.86 Å². The molecule has 3 rings (SSSR count). The lowest BCUT2D eigenvalue weighted by Gasteiger charge is -2.04. The molecule has 6 heteroatoms. The Kier molecular flexibility index (Phi) is 4.13. The Balaban J connectivity index is 2.27. The third-order valence-electron chi connectivity index (χ3n) is 3.46. The quantitative estimate of drug-likeness (QED) is 0.660. The molecule has 0 aliphatic heterocycles. The molecule has 0 bridgehead atoms. The number of carbonyl (C=O) groups is 1. The smallest absolute Gasteiger partial charge is 0.359 e. The fourth-order valence-corrected chi connectivity index (χ4v) is 2.81. The summed E-state index contributed by atoms with van der Waals surface area (Å²) in [7, 11) is 1.32. The number of methoxy groups -OCH3 is 1. The van der Waals surface area contributed by atoms with Gasteiger partial charge in [-0.25, -0.2) is 9.48 Å². The Labute approximate surface area is 141 Å². The van der Waals surface area contributed by atoms with E-state index in [4.69, 9.17) is 10.00 Å². The van der Waals surface area contributed by atoms with Gasteiger partial charge in [-0.1, -0.05) is 28.1 Å². The maximum Gasteiger partial charge on any atom is 0.359 e. The van der Waals surface area contributed by atoms with E-state index >= 15 is 0 Å². The maximum absolute atomic E-state index is 12.0. The van der Waals surface area contributed by atoms with Crippen LogP contribution in [0.2, 0.25) is 0 Å². The first-order valence-corrected chi connectivity index (χ1v) is 7.66. The van der Waals surface area contributed by atoms with Gasteiger partial charge in [-0.15, -0.1) is 0 Å². The number of nitrogens with zero attached hydrogens (tertiary/aromatic N) is 3. The number of hydrogen-bond donors (Lipinski definition) is 0. The molecule has 0 saturated carbocycles. The second-order valence-electron chi connectivity index (χ2n) is 4.92. The molecule has 0 saturated heterocycles. The second kappa shape index (κ2) is 6.23. The number of hydrogen-bond acceptors (Lipinski definition) is 4. The van der Waals surface area contributed by atoms with E-state index in [1.807, 2.05) is 42.5 Å². The van der Waals surface area contributed by atoms with E-state index in [9.17, 15) is 4.79 Å². The molecule has 0 spiro atoms. The standard InChI is InChI=1S/C17H12BrN3O2/c1-23-17(22)16-14-9-11(7-8-19)5-6-15(14)21(20-16)13-4-2-3-12(18)10-13/h2-6,9-10H,7H2,1H3. The van der Waals surface area contributed by atoms with Gasteiger partial charge in [-0.2, -0.15) is 10.4 Å². The summed E-state index contributed by atoms with van der Waals surface area (Å²) < 4.78 is 7.44. The van der Waals surface area contributed by atoms with Gasteiger partial charge in [0.2, 0.25) is 0 Å². The molecule has 0 radical (unpaired) electrons.